The molecule has 1 saturated carbocycles. The van der Waals surface area contributed by atoms with E-state index >= 15 is 0 Å². The average Bonchev–Trinajstić information content (AvgIpc) is 2.53. The molecule has 0 aliphatic heterocycles. The highest BCUT2D eigenvalue weighted by molar-refractivity contribution is 5.85. The summed E-state index contributed by atoms with van der Waals surface area (Å²) in [7, 11) is 0. The second-order valence-corrected chi connectivity index (χ2v) is 5.55. The first kappa shape index (κ1) is 11.5. The van der Waals surface area contributed by atoms with Gasteiger partial charge in [-0.1, -0.05) is 33.6 Å². The van der Waals surface area contributed by atoms with E-state index in [1.165, 1.54) is 25.7 Å². The first-order valence-corrected chi connectivity index (χ1v) is 5.75. The molecule has 2 nitrogen and oxygen atoms in total. The fraction of sp³-hybridized carbons (Fsp3) is 0.917. The smallest absolute Gasteiger partial charge is 0.0994 e. The number of hydrogen-bond donors (Lipinski definition) is 1. The summed E-state index contributed by atoms with van der Waals surface area (Å²) < 4.78 is 0. The van der Waals surface area contributed by atoms with Crippen LogP contribution in [-0.4, -0.2) is 11.9 Å². The van der Waals surface area contributed by atoms with Crippen LogP contribution in [0.15, 0.2) is 4.99 Å². The maximum absolute atomic E-state index is 5.97. The largest absolute Gasteiger partial charge is 0.387 e. The molecule has 82 valence electrons. The molecule has 0 aromatic rings. The number of rotatable bonds is 2. The first-order valence-electron chi connectivity index (χ1n) is 5.75. The zero-order valence-electron chi connectivity index (χ0n) is 10.0. The molecule has 1 atom stereocenters. The lowest BCUT2D eigenvalue weighted by Crippen LogP contribution is -2.31. The summed E-state index contributed by atoms with van der Waals surface area (Å²) in [5.41, 5.74) is 5.99. The molecule has 0 aromatic carbocycles. The summed E-state index contributed by atoms with van der Waals surface area (Å²) in [6.07, 6.45) is 5.42. The average molecular weight is 196 g/mol. The van der Waals surface area contributed by atoms with Gasteiger partial charge in [0.2, 0.25) is 0 Å². The normalized spacial score (nSPS) is 22.7. The van der Waals surface area contributed by atoms with Gasteiger partial charge in [-0.3, -0.25) is 4.99 Å². The molecule has 1 aliphatic carbocycles. The molecular formula is C12H24N2. The molecule has 0 heterocycles. The highest BCUT2D eigenvalue weighted by atomic mass is 14.9. The standard InChI is InChI=1S/C12H24N2/c1-9(10-7-5-6-8-10)14-11(13)12(2,3)4/h9-10H,5-8H2,1-4H3,(H2,13,14). The van der Waals surface area contributed by atoms with Crippen LogP contribution in [0.1, 0.15) is 53.4 Å². The van der Waals surface area contributed by atoms with Gasteiger partial charge >= 0.3 is 0 Å². The van der Waals surface area contributed by atoms with E-state index in [4.69, 9.17) is 5.73 Å². The highest BCUT2D eigenvalue weighted by Crippen LogP contribution is 2.29. The molecule has 1 unspecified atom stereocenters. The molecule has 0 amide bonds. The van der Waals surface area contributed by atoms with Crippen LogP contribution in [0.2, 0.25) is 0 Å². The Bertz CT molecular complexity index is 207. The first-order chi connectivity index (χ1) is 6.41. The van der Waals surface area contributed by atoms with Gasteiger partial charge in [0.25, 0.3) is 0 Å². The van der Waals surface area contributed by atoms with E-state index in [0.29, 0.717) is 6.04 Å². The Hall–Kier alpha value is -0.530. The van der Waals surface area contributed by atoms with Crippen molar-refractivity contribution in [1.29, 1.82) is 0 Å². The Labute approximate surface area is 88.0 Å². The van der Waals surface area contributed by atoms with E-state index in [0.717, 1.165) is 11.8 Å². The Morgan fingerprint density at radius 1 is 1.29 bits per heavy atom. The molecule has 0 radical (unpaired) electrons. The number of nitrogens with zero attached hydrogens (tertiary/aromatic N) is 1. The summed E-state index contributed by atoms with van der Waals surface area (Å²) in [5.74, 6) is 1.58. The molecule has 0 aromatic heterocycles. The molecule has 14 heavy (non-hydrogen) atoms. The number of aliphatic imine (C=N–C) groups is 1. The van der Waals surface area contributed by atoms with Gasteiger partial charge in [-0.25, -0.2) is 0 Å². The van der Waals surface area contributed by atoms with E-state index in [9.17, 15) is 0 Å². The molecule has 0 spiro atoms. The predicted molar refractivity (Wildman–Crippen MR) is 62.5 cm³/mol. The monoisotopic (exact) mass is 196 g/mol. The Morgan fingerprint density at radius 3 is 2.21 bits per heavy atom. The zero-order chi connectivity index (χ0) is 10.8. The van der Waals surface area contributed by atoms with Gasteiger partial charge in [0.15, 0.2) is 0 Å². The second kappa shape index (κ2) is 4.33. The third-order valence-electron chi connectivity index (χ3n) is 3.19. The van der Waals surface area contributed by atoms with Crippen molar-refractivity contribution in [2.24, 2.45) is 22.1 Å². The molecule has 0 bridgehead atoms. The Balaban J connectivity index is 2.57. The maximum atomic E-state index is 5.97. The van der Waals surface area contributed by atoms with E-state index < -0.39 is 0 Å². The van der Waals surface area contributed by atoms with Crippen molar-refractivity contribution in [3.63, 3.8) is 0 Å². The fourth-order valence-corrected chi connectivity index (χ4v) is 1.96. The van der Waals surface area contributed by atoms with Gasteiger partial charge in [0.1, 0.15) is 0 Å². The van der Waals surface area contributed by atoms with Crippen molar-refractivity contribution in [2.45, 2.75) is 59.4 Å². The zero-order valence-corrected chi connectivity index (χ0v) is 10.0. The van der Waals surface area contributed by atoms with Crippen molar-refractivity contribution in [3.8, 4) is 0 Å². The minimum atomic E-state index is 0.0207. The van der Waals surface area contributed by atoms with Crippen molar-refractivity contribution < 1.29 is 0 Å². The summed E-state index contributed by atoms with van der Waals surface area (Å²) >= 11 is 0. The lowest BCUT2D eigenvalue weighted by Gasteiger charge is -2.21. The van der Waals surface area contributed by atoms with Crippen LogP contribution >= 0.6 is 0 Å². The van der Waals surface area contributed by atoms with E-state index in [1.54, 1.807) is 0 Å². The summed E-state index contributed by atoms with van der Waals surface area (Å²) in [6, 6.07) is 0.414. The van der Waals surface area contributed by atoms with Crippen LogP contribution in [0.4, 0.5) is 0 Å². The molecule has 0 saturated heterocycles. The molecule has 1 rings (SSSR count). The van der Waals surface area contributed by atoms with Gasteiger partial charge in [-0.15, -0.1) is 0 Å². The highest BCUT2D eigenvalue weighted by Gasteiger charge is 2.23. The Morgan fingerprint density at radius 2 is 1.79 bits per heavy atom. The van der Waals surface area contributed by atoms with Crippen molar-refractivity contribution >= 4 is 5.84 Å². The lowest BCUT2D eigenvalue weighted by atomic mass is 9.94. The van der Waals surface area contributed by atoms with E-state index in [1.807, 2.05) is 0 Å². The van der Waals surface area contributed by atoms with Crippen LogP contribution in [-0.2, 0) is 0 Å². The fourth-order valence-electron chi connectivity index (χ4n) is 1.96. The minimum absolute atomic E-state index is 0.0207. The van der Waals surface area contributed by atoms with Crippen molar-refractivity contribution in [2.75, 3.05) is 0 Å². The van der Waals surface area contributed by atoms with E-state index in [-0.39, 0.29) is 5.41 Å². The number of nitrogens with two attached hydrogens (primary N) is 1. The van der Waals surface area contributed by atoms with Crippen LogP contribution in [0, 0.1) is 11.3 Å². The molecular weight excluding hydrogens is 172 g/mol. The molecule has 2 N–H and O–H groups in total. The minimum Gasteiger partial charge on any atom is -0.387 e. The molecule has 2 heteroatoms. The quantitative estimate of drug-likeness (QED) is 0.535. The van der Waals surface area contributed by atoms with Crippen molar-refractivity contribution in [1.82, 2.24) is 0 Å². The van der Waals surface area contributed by atoms with Gasteiger partial charge in [0.05, 0.1) is 11.9 Å². The summed E-state index contributed by atoms with van der Waals surface area (Å²) in [6.45, 7) is 8.56. The van der Waals surface area contributed by atoms with Gasteiger partial charge in [0, 0.05) is 5.41 Å². The SMILES string of the molecule is CC(N=C(N)C(C)(C)C)C1CCCC1. The Kier molecular flexibility index (Phi) is 3.57. The lowest BCUT2D eigenvalue weighted by molar-refractivity contribution is 0.452. The van der Waals surface area contributed by atoms with Crippen LogP contribution in [0.5, 0.6) is 0 Å². The van der Waals surface area contributed by atoms with Crippen LogP contribution in [0.25, 0.3) is 0 Å². The number of hydrogen-bond acceptors (Lipinski definition) is 1. The summed E-state index contributed by atoms with van der Waals surface area (Å²) in [5, 5.41) is 0. The van der Waals surface area contributed by atoms with Gasteiger partial charge in [-0.2, -0.15) is 0 Å². The van der Waals surface area contributed by atoms with Crippen LogP contribution < -0.4 is 5.73 Å². The summed E-state index contributed by atoms with van der Waals surface area (Å²) in [4.78, 5) is 4.62. The van der Waals surface area contributed by atoms with Gasteiger partial charge < -0.3 is 5.73 Å². The van der Waals surface area contributed by atoms with Gasteiger partial charge in [-0.05, 0) is 25.7 Å². The third-order valence-corrected chi connectivity index (χ3v) is 3.19. The molecule has 1 fully saturated rings. The number of amidine groups is 1. The maximum Gasteiger partial charge on any atom is 0.0994 e. The topological polar surface area (TPSA) is 38.4 Å². The predicted octanol–water partition coefficient (Wildman–Crippen LogP) is 2.97. The molecule has 1 aliphatic rings. The van der Waals surface area contributed by atoms with Crippen molar-refractivity contribution in [3.05, 3.63) is 0 Å². The van der Waals surface area contributed by atoms with Crippen LogP contribution in [0.3, 0.4) is 0 Å². The third kappa shape index (κ3) is 3.00. The van der Waals surface area contributed by atoms with E-state index in [2.05, 4.69) is 32.7 Å². The second-order valence-electron chi connectivity index (χ2n) is 5.55.